The Morgan fingerprint density at radius 2 is 0.689 bits per heavy atom. The molecule has 0 bridgehead atoms. The van der Waals surface area contributed by atoms with Crippen LogP contribution in [0.3, 0.4) is 0 Å². The number of rotatable bonds is 90. The van der Waals surface area contributed by atoms with Crippen molar-refractivity contribution in [2.45, 2.75) is 146 Å². The molecule has 1 aliphatic carbocycles. The summed E-state index contributed by atoms with van der Waals surface area (Å²) in [4.78, 5) is 120. The summed E-state index contributed by atoms with van der Waals surface area (Å²) in [6.07, 6.45) is 9.68. The summed E-state index contributed by atoms with van der Waals surface area (Å²) in [6, 6.07) is 14.9. The van der Waals surface area contributed by atoms with Gasteiger partial charge in [-0.2, -0.15) is 0 Å². The van der Waals surface area contributed by atoms with Crippen LogP contribution in [0.2, 0.25) is 0 Å². The summed E-state index contributed by atoms with van der Waals surface area (Å²) < 4.78 is 89.5. The Morgan fingerprint density at radius 1 is 0.344 bits per heavy atom. The van der Waals surface area contributed by atoms with Crippen LogP contribution < -0.4 is 42.7 Å². The second-order valence-corrected chi connectivity index (χ2v) is 29.1. The van der Waals surface area contributed by atoms with E-state index < -0.39 is 29.9 Å². The number of benzene rings is 2. The molecular weight excluding hydrogens is 1590 g/mol. The highest BCUT2D eigenvalue weighted by Crippen LogP contribution is 2.44. The Balaban J connectivity index is 1.11. The minimum Gasteiger partial charge on any atom is -0.480 e. The standard InChI is InChI=1S/C87H148N8O27/c1-88-31-13-9-18-70(66-72(96)27-37-107-43-49-113-55-54-112-48-42-106-36-17-26-84(101)121-68-78-76-22-7-5-20-74(76)75-21-6-8-23-77(75)78)85(102)92-35-41-111-47-53-117-57-56-115-51-45-109-39-29-82(99)93-79(24-11-15-33-90-3)81(98)69-120-63-62-118-59-58-114-50-44-108-38-28-73(97)67-71(19-10-14-32-89-2)86(103)95-122-65-64-119-61-60-116-52-46-110-40-30-83(100)94-80(87(104)105)25-12-16-34-91-4/h5-8,20-23,70-71,78-80,88-91H,9-19,24-69H2,1-4H3,(H,92,102)(H,93,99)(H,94,100)(H,95,103)(H,104,105). The van der Waals surface area contributed by atoms with Gasteiger partial charge in [-0.15, -0.1) is 0 Å². The van der Waals surface area contributed by atoms with Crippen molar-refractivity contribution in [3.8, 4) is 11.1 Å². The summed E-state index contributed by atoms with van der Waals surface area (Å²) in [6.45, 7) is 11.9. The Bertz CT molecular complexity index is 2980. The minimum absolute atomic E-state index is 0.0363. The van der Waals surface area contributed by atoms with Crippen molar-refractivity contribution in [1.29, 1.82) is 0 Å². The molecule has 0 aliphatic heterocycles. The van der Waals surface area contributed by atoms with Crippen molar-refractivity contribution in [3.63, 3.8) is 0 Å². The van der Waals surface area contributed by atoms with E-state index in [-0.39, 0.29) is 223 Å². The van der Waals surface area contributed by atoms with Crippen LogP contribution in [0.1, 0.15) is 145 Å². The molecule has 698 valence electrons. The number of hydrogen-bond donors (Lipinski definition) is 9. The molecule has 2 aromatic rings. The van der Waals surface area contributed by atoms with Crippen molar-refractivity contribution >= 4 is 52.9 Å². The number of aliphatic carboxylic acids is 1. The predicted molar refractivity (Wildman–Crippen MR) is 456 cm³/mol. The first-order chi connectivity index (χ1) is 59.7. The third-order valence-corrected chi connectivity index (χ3v) is 19.3. The minimum atomic E-state index is -1.06. The van der Waals surface area contributed by atoms with Crippen LogP contribution in [0, 0.1) is 11.8 Å². The maximum atomic E-state index is 13.2. The van der Waals surface area contributed by atoms with E-state index in [9.17, 15) is 48.3 Å². The molecule has 4 amide bonds. The van der Waals surface area contributed by atoms with Gasteiger partial charge in [-0.3, -0.25) is 43.2 Å². The first-order valence-corrected chi connectivity index (χ1v) is 43.9. The molecule has 0 saturated heterocycles. The molecule has 0 spiro atoms. The number of unbranched alkanes of at least 4 members (excludes halogenated alkanes) is 4. The van der Waals surface area contributed by atoms with Gasteiger partial charge in [0.2, 0.25) is 23.6 Å². The van der Waals surface area contributed by atoms with Crippen LogP contribution in [-0.4, -0.2) is 342 Å². The summed E-state index contributed by atoms with van der Waals surface area (Å²) in [5.41, 5.74) is 7.22. The number of hydroxylamine groups is 1. The number of ketones is 3. The van der Waals surface area contributed by atoms with E-state index in [1.54, 1.807) is 0 Å². The normalized spacial score (nSPS) is 12.8. The van der Waals surface area contributed by atoms with E-state index in [0.29, 0.717) is 131 Å². The number of carbonyl (C=O) groups is 9. The first-order valence-electron chi connectivity index (χ1n) is 43.9. The second-order valence-electron chi connectivity index (χ2n) is 29.1. The van der Waals surface area contributed by atoms with Crippen LogP contribution >= 0.6 is 0 Å². The van der Waals surface area contributed by atoms with E-state index in [1.165, 1.54) is 22.3 Å². The summed E-state index contributed by atoms with van der Waals surface area (Å²) >= 11 is 0. The fourth-order valence-corrected chi connectivity index (χ4v) is 12.6. The molecule has 2 aromatic carbocycles. The Morgan fingerprint density at radius 3 is 1.11 bits per heavy atom. The zero-order valence-electron chi connectivity index (χ0n) is 73.4. The zero-order chi connectivity index (χ0) is 88.0. The first kappa shape index (κ1) is 110. The Kier molecular flexibility index (Phi) is 70.1. The van der Waals surface area contributed by atoms with Crippen molar-refractivity contribution in [1.82, 2.24) is 42.7 Å². The second kappa shape index (κ2) is 78.0. The molecule has 35 heteroatoms. The van der Waals surface area contributed by atoms with Gasteiger partial charge in [-0.05, 0) is 147 Å². The van der Waals surface area contributed by atoms with Gasteiger partial charge in [0.25, 0.3) is 0 Å². The molecule has 0 heterocycles. The average molecular weight is 1740 g/mol. The fraction of sp³-hybridized carbons (Fsp3) is 0.759. The molecule has 9 N–H and O–H groups in total. The lowest BCUT2D eigenvalue weighted by atomic mass is 9.94. The highest BCUT2D eigenvalue weighted by atomic mass is 16.7. The van der Waals surface area contributed by atoms with Gasteiger partial charge in [0.15, 0.2) is 5.78 Å². The molecule has 4 atom stereocenters. The number of nitrogens with one attached hydrogen (secondary N) is 8. The van der Waals surface area contributed by atoms with Crippen molar-refractivity contribution in [2.75, 3.05) is 272 Å². The fourth-order valence-electron chi connectivity index (χ4n) is 12.6. The summed E-state index contributed by atoms with van der Waals surface area (Å²) in [7, 11) is 7.41. The Hall–Kier alpha value is -6.53. The topological polar surface area (TPSA) is 427 Å². The number of esters is 1. The van der Waals surface area contributed by atoms with Crippen LogP contribution in [0.15, 0.2) is 48.5 Å². The molecule has 122 heavy (non-hydrogen) atoms. The molecule has 4 unspecified atom stereocenters. The highest BCUT2D eigenvalue weighted by molar-refractivity contribution is 5.90. The number of carboxylic acid groups (broad SMARTS) is 1. The van der Waals surface area contributed by atoms with E-state index in [0.717, 1.165) is 71.1 Å². The van der Waals surface area contributed by atoms with Gasteiger partial charge < -0.3 is 118 Å². The average Bonchev–Trinajstić information content (AvgIpc) is 1.62. The van der Waals surface area contributed by atoms with Crippen molar-refractivity contribution in [3.05, 3.63) is 59.7 Å². The SMILES string of the molecule is CNCCCCC(CC(=O)CCOCCOCCOCCOCCCC(=O)OCC1c2ccccc2-c2ccccc21)C(=O)NCCOCCOCCOCCOCCC(=O)NC(CCCCNC)C(=O)COCCOCCOCCOCCC(=O)CC(CCCCNC)C(=O)NOCCOCCOCCOCCC(=O)NC(CCCCNC)C(=O)O. The lowest BCUT2D eigenvalue weighted by Crippen LogP contribution is -2.43. The van der Waals surface area contributed by atoms with Gasteiger partial charge >= 0.3 is 11.9 Å². The maximum Gasteiger partial charge on any atom is 0.326 e. The number of hydrogen-bond acceptors (Lipinski definition) is 30. The van der Waals surface area contributed by atoms with Gasteiger partial charge in [-0.1, -0.05) is 61.4 Å². The molecule has 0 radical (unpaired) electrons. The summed E-state index contributed by atoms with van der Waals surface area (Å²) in [5, 5.41) is 30.0. The number of carbonyl (C=O) groups excluding carboxylic acids is 8. The molecule has 0 fully saturated rings. The third kappa shape index (κ3) is 58.6. The van der Waals surface area contributed by atoms with Gasteiger partial charge in [-0.25, -0.2) is 10.3 Å². The van der Waals surface area contributed by atoms with Crippen LogP contribution in [0.5, 0.6) is 0 Å². The van der Waals surface area contributed by atoms with E-state index in [1.807, 2.05) is 52.5 Å². The molecular formula is C87H148N8O27. The smallest absolute Gasteiger partial charge is 0.326 e. The van der Waals surface area contributed by atoms with Crippen LogP contribution in [0.25, 0.3) is 11.1 Å². The predicted octanol–water partition coefficient (Wildman–Crippen LogP) is 4.43. The number of ether oxygens (including phenoxy) is 16. The lowest BCUT2D eigenvalue weighted by molar-refractivity contribution is -0.144. The molecule has 1 aliphatic rings. The number of fused-ring (bicyclic) bond motifs is 3. The van der Waals surface area contributed by atoms with Gasteiger partial charge in [0.05, 0.1) is 198 Å². The monoisotopic (exact) mass is 1740 g/mol. The lowest BCUT2D eigenvalue weighted by Gasteiger charge is -2.18. The van der Waals surface area contributed by atoms with E-state index >= 15 is 0 Å². The zero-order valence-corrected chi connectivity index (χ0v) is 73.4. The molecule has 3 rings (SSSR count). The quantitative estimate of drug-likeness (QED) is 0.0251. The number of carboxylic acids is 1. The maximum absolute atomic E-state index is 13.2. The van der Waals surface area contributed by atoms with Gasteiger partial charge in [0, 0.05) is 75.9 Å². The molecule has 0 saturated carbocycles. The third-order valence-electron chi connectivity index (χ3n) is 19.3. The van der Waals surface area contributed by atoms with Crippen LogP contribution in [0.4, 0.5) is 0 Å². The van der Waals surface area contributed by atoms with Crippen molar-refractivity contribution < 1.29 is 129 Å². The number of Topliss-reactive ketones (excluding diaryl/α,β-unsaturated/α-hetero) is 3. The largest absolute Gasteiger partial charge is 0.480 e. The van der Waals surface area contributed by atoms with E-state index in [2.05, 4.69) is 67.0 Å². The van der Waals surface area contributed by atoms with E-state index in [4.69, 9.17) is 80.6 Å². The van der Waals surface area contributed by atoms with Gasteiger partial charge in [0.1, 0.15) is 30.8 Å². The highest BCUT2D eigenvalue weighted by Gasteiger charge is 2.30. The summed E-state index contributed by atoms with van der Waals surface area (Å²) in [5.74, 6) is -3.93. The Labute approximate surface area is 722 Å². The molecule has 35 nitrogen and oxygen atoms in total. The number of amides is 4. The van der Waals surface area contributed by atoms with Crippen molar-refractivity contribution in [2.24, 2.45) is 11.8 Å². The molecule has 0 aromatic heterocycles. The van der Waals surface area contributed by atoms with Crippen LogP contribution in [-0.2, 0) is 124 Å².